The van der Waals surface area contributed by atoms with Gasteiger partial charge in [0, 0.05) is 36.8 Å². The van der Waals surface area contributed by atoms with Crippen LogP contribution in [-0.4, -0.2) is 38.6 Å². The monoisotopic (exact) mass is 517 g/mol. The number of aliphatic hydroxyl groups is 1. The Balaban J connectivity index is 1.76. The van der Waals surface area contributed by atoms with E-state index in [1.165, 1.54) is 6.07 Å². The van der Waals surface area contributed by atoms with Gasteiger partial charge in [0.05, 0.1) is 17.4 Å². The number of primary amides is 1. The fourth-order valence-corrected chi connectivity index (χ4v) is 4.20. The summed E-state index contributed by atoms with van der Waals surface area (Å²) < 4.78 is 7.44. The summed E-state index contributed by atoms with van der Waals surface area (Å²) in [5.74, 6) is 0.191. The maximum Gasteiger partial charge on any atom is 0.251 e. The fraction of sp³-hybridized carbons (Fsp3) is 0.379. The number of hydrogen-bond donors (Lipinski definition) is 3. The molecule has 0 saturated heterocycles. The maximum absolute atomic E-state index is 13.0. The number of nitrogens with zero attached hydrogens (tertiary/aromatic N) is 3. The molecule has 4 N–H and O–H groups in total. The second kappa shape index (κ2) is 11.9. The molecule has 1 aromatic heterocycles. The highest BCUT2D eigenvalue weighted by atomic mass is 16.5. The average molecular weight is 518 g/mol. The molecule has 38 heavy (non-hydrogen) atoms. The molecule has 3 rings (SSSR count). The van der Waals surface area contributed by atoms with Crippen molar-refractivity contribution in [1.29, 1.82) is 5.26 Å². The average Bonchev–Trinajstić information content (AvgIpc) is 3.25. The summed E-state index contributed by atoms with van der Waals surface area (Å²) in [5.41, 5.74) is 7.51. The van der Waals surface area contributed by atoms with Gasteiger partial charge in [0.1, 0.15) is 23.2 Å². The Morgan fingerprint density at radius 3 is 2.45 bits per heavy atom. The number of nitriles is 1. The number of carbonyl (C=O) groups is 2. The van der Waals surface area contributed by atoms with Crippen LogP contribution in [0.2, 0.25) is 0 Å². The predicted molar refractivity (Wildman–Crippen MR) is 144 cm³/mol. The van der Waals surface area contributed by atoms with Crippen LogP contribution < -0.4 is 15.8 Å². The number of aromatic nitrogens is 2. The Bertz CT molecular complexity index is 1330. The van der Waals surface area contributed by atoms with Gasteiger partial charge in [-0.1, -0.05) is 24.3 Å². The first kappa shape index (κ1) is 28.4. The fourth-order valence-electron chi connectivity index (χ4n) is 4.20. The van der Waals surface area contributed by atoms with Crippen molar-refractivity contribution in [3.8, 4) is 23.1 Å². The van der Waals surface area contributed by atoms with Gasteiger partial charge in [-0.25, -0.2) is 4.98 Å². The molecule has 0 fully saturated rings. The number of aryl methyl sites for hydroxylation is 1. The molecule has 200 valence electrons. The molecule has 1 heterocycles. The summed E-state index contributed by atoms with van der Waals surface area (Å²) in [4.78, 5) is 29.1. The molecule has 1 atom stereocenters. The lowest BCUT2D eigenvalue weighted by atomic mass is 9.99. The molecule has 2 aromatic carbocycles. The molecule has 0 aliphatic rings. The molecule has 1 unspecified atom stereocenters. The molecule has 0 aliphatic carbocycles. The lowest BCUT2D eigenvalue weighted by Gasteiger charge is -2.19. The standard InChI is InChI=1S/C29H35N5O4/c1-18(2)38-25-12-10-21(15-22(25)16-30)27(36)32-23(11-13-26(31)35)14-19-6-8-20(9-7-19)24-17-34(5)28(33-24)29(3,4)37/h6-10,12,15,17-18,23,37H,11,13-14H2,1-5H3,(H2,31,35)(H,32,36). The molecule has 0 aliphatic heterocycles. The Hall–Kier alpha value is -4.16. The second-order valence-electron chi connectivity index (χ2n) is 10.2. The van der Waals surface area contributed by atoms with Gasteiger partial charge in [0.25, 0.3) is 5.91 Å². The van der Waals surface area contributed by atoms with Crippen LogP contribution in [0.5, 0.6) is 5.75 Å². The number of carbonyl (C=O) groups excluding carboxylic acids is 2. The van der Waals surface area contributed by atoms with Gasteiger partial charge in [0.2, 0.25) is 5.91 Å². The zero-order valence-electron chi connectivity index (χ0n) is 22.5. The van der Waals surface area contributed by atoms with Gasteiger partial charge in [-0.3, -0.25) is 9.59 Å². The van der Waals surface area contributed by atoms with Gasteiger partial charge < -0.3 is 25.5 Å². The van der Waals surface area contributed by atoms with Crippen molar-refractivity contribution in [1.82, 2.24) is 14.9 Å². The maximum atomic E-state index is 13.0. The molecular formula is C29H35N5O4. The summed E-state index contributed by atoms with van der Waals surface area (Å²) >= 11 is 0. The normalized spacial score (nSPS) is 12.2. The highest BCUT2D eigenvalue weighted by Crippen LogP contribution is 2.25. The third kappa shape index (κ3) is 7.43. The molecule has 2 amide bonds. The molecule has 0 spiro atoms. The molecule has 9 nitrogen and oxygen atoms in total. The van der Waals surface area contributed by atoms with Gasteiger partial charge in [-0.05, 0) is 64.3 Å². The Kier molecular flexibility index (Phi) is 8.92. The smallest absolute Gasteiger partial charge is 0.251 e. The zero-order valence-corrected chi connectivity index (χ0v) is 22.5. The first-order chi connectivity index (χ1) is 17.9. The van der Waals surface area contributed by atoms with Crippen molar-refractivity contribution >= 4 is 11.8 Å². The van der Waals surface area contributed by atoms with Gasteiger partial charge in [0.15, 0.2) is 0 Å². The molecular weight excluding hydrogens is 482 g/mol. The second-order valence-corrected chi connectivity index (χ2v) is 10.2. The van der Waals surface area contributed by atoms with E-state index in [1.54, 1.807) is 30.5 Å². The van der Waals surface area contributed by atoms with Crippen LogP contribution in [0, 0.1) is 11.3 Å². The van der Waals surface area contributed by atoms with Crippen LogP contribution in [-0.2, 0) is 23.9 Å². The van der Waals surface area contributed by atoms with Crippen LogP contribution in [0.15, 0.2) is 48.7 Å². The summed E-state index contributed by atoms with van der Waals surface area (Å²) in [6.07, 6.45) is 2.74. The minimum atomic E-state index is -1.06. The third-order valence-corrected chi connectivity index (χ3v) is 5.95. The number of hydrogen-bond acceptors (Lipinski definition) is 6. The van der Waals surface area contributed by atoms with Crippen molar-refractivity contribution in [3.63, 3.8) is 0 Å². The van der Waals surface area contributed by atoms with Gasteiger partial charge in [-0.2, -0.15) is 5.26 Å². The molecule has 0 radical (unpaired) electrons. The van der Waals surface area contributed by atoms with Gasteiger partial charge >= 0.3 is 0 Å². The predicted octanol–water partition coefficient (Wildman–Crippen LogP) is 3.58. The zero-order chi connectivity index (χ0) is 28.0. The topological polar surface area (TPSA) is 143 Å². The highest BCUT2D eigenvalue weighted by molar-refractivity contribution is 5.95. The summed E-state index contributed by atoms with van der Waals surface area (Å²) in [7, 11) is 1.84. The number of benzene rings is 2. The van der Waals surface area contributed by atoms with E-state index in [0.29, 0.717) is 30.0 Å². The number of nitrogens with two attached hydrogens (primary N) is 1. The van der Waals surface area contributed by atoms with Crippen LogP contribution in [0.25, 0.3) is 11.3 Å². The summed E-state index contributed by atoms with van der Waals surface area (Å²) in [6.45, 7) is 7.11. The first-order valence-electron chi connectivity index (χ1n) is 12.5. The highest BCUT2D eigenvalue weighted by Gasteiger charge is 2.23. The number of nitrogens with one attached hydrogen (secondary N) is 1. The molecule has 3 aromatic rings. The van der Waals surface area contributed by atoms with Crippen molar-refractivity contribution in [2.24, 2.45) is 12.8 Å². The quantitative estimate of drug-likeness (QED) is 0.355. The van der Waals surface area contributed by atoms with Crippen molar-refractivity contribution in [2.45, 2.75) is 64.7 Å². The van der Waals surface area contributed by atoms with E-state index in [4.69, 9.17) is 10.5 Å². The third-order valence-electron chi connectivity index (χ3n) is 5.95. The Labute approximate surface area is 223 Å². The molecule has 9 heteroatoms. The Morgan fingerprint density at radius 1 is 1.21 bits per heavy atom. The minimum absolute atomic E-state index is 0.104. The van der Waals surface area contributed by atoms with Crippen molar-refractivity contribution < 1.29 is 19.4 Å². The number of amides is 2. The minimum Gasteiger partial charge on any atom is -0.490 e. The van der Waals surface area contributed by atoms with E-state index >= 15 is 0 Å². The van der Waals surface area contributed by atoms with E-state index in [-0.39, 0.29) is 30.0 Å². The number of imidazole rings is 1. The first-order valence-corrected chi connectivity index (χ1v) is 12.5. The molecule has 0 saturated carbocycles. The van der Waals surface area contributed by atoms with E-state index in [9.17, 15) is 20.0 Å². The van der Waals surface area contributed by atoms with Gasteiger partial charge in [-0.15, -0.1) is 0 Å². The van der Waals surface area contributed by atoms with E-state index in [1.807, 2.05) is 51.4 Å². The molecule has 0 bridgehead atoms. The number of rotatable bonds is 11. The van der Waals surface area contributed by atoms with Crippen molar-refractivity contribution in [2.75, 3.05) is 0 Å². The lowest BCUT2D eigenvalue weighted by molar-refractivity contribution is -0.118. The summed E-state index contributed by atoms with van der Waals surface area (Å²) in [5, 5.41) is 22.8. The van der Waals surface area contributed by atoms with Crippen LogP contribution >= 0.6 is 0 Å². The number of ether oxygens (including phenoxy) is 1. The van der Waals surface area contributed by atoms with E-state index in [2.05, 4.69) is 16.4 Å². The summed E-state index contributed by atoms with van der Waals surface area (Å²) in [6, 6.07) is 14.2. The van der Waals surface area contributed by atoms with Crippen LogP contribution in [0.3, 0.4) is 0 Å². The largest absolute Gasteiger partial charge is 0.490 e. The van der Waals surface area contributed by atoms with E-state index in [0.717, 1.165) is 16.8 Å². The lowest BCUT2D eigenvalue weighted by Crippen LogP contribution is -2.37. The van der Waals surface area contributed by atoms with Crippen molar-refractivity contribution in [3.05, 3.63) is 71.2 Å². The van der Waals surface area contributed by atoms with E-state index < -0.39 is 11.5 Å². The SMILES string of the molecule is CC(C)Oc1ccc(C(=O)NC(CCC(N)=O)Cc2ccc(-c3cn(C)c(C(C)(C)O)n3)cc2)cc1C#N. The van der Waals surface area contributed by atoms with Crippen LogP contribution in [0.1, 0.15) is 67.8 Å². The Morgan fingerprint density at radius 2 is 1.89 bits per heavy atom. The van der Waals surface area contributed by atoms with Crippen LogP contribution in [0.4, 0.5) is 0 Å².